The first kappa shape index (κ1) is 16.5. The maximum absolute atomic E-state index is 11.8. The fourth-order valence-electron chi connectivity index (χ4n) is 1.91. The number of hydrogen-bond donors (Lipinski definition) is 4. The summed E-state index contributed by atoms with van der Waals surface area (Å²) >= 11 is 0. The van der Waals surface area contributed by atoms with E-state index in [4.69, 9.17) is 9.84 Å². The van der Waals surface area contributed by atoms with Crippen molar-refractivity contribution in [2.45, 2.75) is 44.4 Å². The van der Waals surface area contributed by atoms with Crippen LogP contribution in [0.2, 0.25) is 0 Å². The van der Waals surface area contributed by atoms with Crippen LogP contribution in [0.15, 0.2) is 12.2 Å². The molecule has 0 spiro atoms. The van der Waals surface area contributed by atoms with Gasteiger partial charge in [-0.1, -0.05) is 12.2 Å². The van der Waals surface area contributed by atoms with E-state index in [-0.39, 0.29) is 31.0 Å². The summed E-state index contributed by atoms with van der Waals surface area (Å²) in [5.74, 6) is -0.206. The van der Waals surface area contributed by atoms with E-state index in [9.17, 15) is 14.7 Å². The smallest absolute Gasteiger partial charge is 0.404 e. The van der Waals surface area contributed by atoms with Gasteiger partial charge in [-0.25, -0.2) is 4.79 Å². The van der Waals surface area contributed by atoms with Gasteiger partial charge in [0.25, 0.3) is 0 Å². The first-order valence-electron chi connectivity index (χ1n) is 6.68. The Morgan fingerprint density at radius 2 is 2.20 bits per heavy atom. The number of carbonyl (C=O) groups is 2. The molecule has 0 aromatic rings. The van der Waals surface area contributed by atoms with Crippen LogP contribution >= 0.6 is 0 Å². The molecule has 0 bridgehead atoms. The van der Waals surface area contributed by atoms with E-state index in [0.717, 1.165) is 0 Å². The highest BCUT2D eigenvalue weighted by Gasteiger charge is 2.21. The van der Waals surface area contributed by atoms with Crippen molar-refractivity contribution >= 4 is 12.0 Å². The Hall–Kier alpha value is -1.60. The standard InChI is InChI=1S/C13H22N2O5/c1-9(14-13(18)19)5-6-12(17)15-10-4-2-3-7-20-8-11(10)16/h2-3,9-11,14,16H,4-8H2,1H3,(H,15,17)(H,18,19)/t9-,10?,11?/m0/s1. The molecular weight excluding hydrogens is 264 g/mol. The zero-order valence-electron chi connectivity index (χ0n) is 11.5. The van der Waals surface area contributed by atoms with E-state index in [1.807, 2.05) is 12.2 Å². The van der Waals surface area contributed by atoms with E-state index in [2.05, 4.69) is 10.6 Å². The molecule has 0 radical (unpaired) electrons. The summed E-state index contributed by atoms with van der Waals surface area (Å²) in [6, 6.07) is -0.662. The quantitative estimate of drug-likeness (QED) is 0.542. The van der Waals surface area contributed by atoms with Crippen molar-refractivity contribution in [1.29, 1.82) is 0 Å². The highest BCUT2D eigenvalue weighted by Crippen LogP contribution is 2.06. The van der Waals surface area contributed by atoms with Gasteiger partial charge in [0.15, 0.2) is 0 Å². The van der Waals surface area contributed by atoms with Crippen molar-refractivity contribution in [3.8, 4) is 0 Å². The van der Waals surface area contributed by atoms with Gasteiger partial charge < -0.3 is 25.6 Å². The van der Waals surface area contributed by atoms with Gasteiger partial charge in [0.05, 0.1) is 25.4 Å². The number of rotatable bonds is 5. The van der Waals surface area contributed by atoms with Crippen molar-refractivity contribution < 1.29 is 24.5 Å². The molecule has 0 saturated heterocycles. The predicted molar refractivity (Wildman–Crippen MR) is 72.4 cm³/mol. The second-order valence-corrected chi connectivity index (χ2v) is 4.88. The molecule has 0 aliphatic carbocycles. The number of carbonyl (C=O) groups excluding carboxylic acids is 1. The van der Waals surface area contributed by atoms with Crippen molar-refractivity contribution in [3.63, 3.8) is 0 Å². The molecule has 0 saturated carbocycles. The molecule has 7 heteroatoms. The third-order valence-corrected chi connectivity index (χ3v) is 3.04. The minimum absolute atomic E-state index is 0.187. The van der Waals surface area contributed by atoms with E-state index < -0.39 is 12.2 Å². The van der Waals surface area contributed by atoms with Gasteiger partial charge >= 0.3 is 6.09 Å². The van der Waals surface area contributed by atoms with Crippen molar-refractivity contribution in [2.75, 3.05) is 13.2 Å². The topological polar surface area (TPSA) is 108 Å². The zero-order valence-corrected chi connectivity index (χ0v) is 11.5. The Kier molecular flexibility index (Phi) is 7.03. The average molecular weight is 286 g/mol. The molecule has 20 heavy (non-hydrogen) atoms. The minimum Gasteiger partial charge on any atom is -0.465 e. The largest absolute Gasteiger partial charge is 0.465 e. The molecule has 0 fully saturated rings. The Morgan fingerprint density at radius 1 is 1.45 bits per heavy atom. The predicted octanol–water partition coefficient (Wildman–Crippen LogP) is 0.245. The minimum atomic E-state index is -1.10. The number of carboxylic acid groups (broad SMARTS) is 1. The van der Waals surface area contributed by atoms with Crippen molar-refractivity contribution in [2.24, 2.45) is 0 Å². The molecule has 2 unspecified atom stereocenters. The van der Waals surface area contributed by atoms with Crippen LogP contribution in [0.4, 0.5) is 4.79 Å². The van der Waals surface area contributed by atoms with Crippen LogP contribution in [-0.4, -0.2) is 53.6 Å². The van der Waals surface area contributed by atoms with Gasteiger partial charge in [-0.3, -0.25) is 4.79 Å². The van der Waals surface area contributed by atoms with Gasteiger partial charge in [-0.15, -0.1) is 0 Å². The fourth-order valence-corrected chi connectivity index (χ4v) is 1.91. The molecule has 114 valence electrons. The van der Waals surface area contributed by atoms with Crippen molar-refractivity contribution in [3.05, 3.63) is 12.2 Å². The molecule has 1 heterocycles. The molecule has 2 amide bonds. The summed E-state index contributed by atoms with van der Waals surface area (Å²) < 4.78 is 5.18. The molecular formula is C13H22N2O5. The van der Waals surface area contributed by atoms with Crippen LogP contribution in [0.25, 0.3) is 0 Å². The maximum atomic E-state index is 11.8. The summed E-state index contributed by atoms with van der Waals surface area (Å²) in [6.45, 7) is 2.35. The van der Waals surface area contributed by atoms with E-state index in [1.54, 1.807) is 6.92 Å². The Bertz CT molecular complexity index is 359. The number of amides is 2. The molecule has 0 aromatic heterocycles. The van der Waals surface area contributed by atoms with Gasteiger partial charge in [0.2, 0.25) is 5.91 Å². The summed E-state index contributed by atoms with van der Waals surface area (Å²) in [4.78, 5) is 22.2. The maximum Gasteiger partial charge on any atom is 0.404 e. The highest BCUT2D eigenvalue weighted by atomic mass is 16.5. The van der Waals surface area contributed by atoms with E-state index >= 15 is 0 Å². The van der Waals surface area contributed by atoms with E-state index in [0.29, 0.717) is 19.4 Å². The van der Waals surface area contributed by atoms with Gasteiger partial charge in [0.1, 0.15) is 0 Å². The van der Waals surface area contributed by atoms with E-state index in [1.165, 1.54) is 0 Å². The van der Waals surface area contributed by atoms with Gasteiger partial charge in [-0.05, 0) is 19.8 Å². The summed E-state index contributed by atoms with van der Waals surface area (Å²) in [5, 5.41) is 23.4. The number of aliphatic hydroxyl groups is 1. The third kappa shape index (κ3) is 6.53. The van der Waals surface area contributed by atoms with Gasteiger partial charge in [-0.2, -0.15) is 0 Å². The third-order valence-electron chi connectivity index (χ3n) is 3.04. The number of nitrogens with one attached hydrogen (secondary N) is 2. The summed E-state index contributed by atoms with van der Waals surface area (Å²) in [7, 11) is 0. The molecule has 0 aromatic carbocycles. The highest BCUT2D eigenvalue weighted by molar-refractivity contribution is 5.76. The number of aliphatic hydroxyl groups excluding tert-OH is 1. The Morgan fingerprint density at radius 3 is 2.90 bits per heavy atom. The molecule has 1 aliphatic heterocycles. The lowest BCUT2D eigenvalue weighted by molar-refractivity contribution is -0.123. The van der Waals surface area contributed by atoms with Crippen LogP contribution in [0.5, 0.6) is 0 Å². The number of ether oxygens (including phenoxy) is 1. The summed E-state index contributed by atoms with van der Waals surface area (Å²) in [6.07, 6.45) is 3.04. The lowest BCUT2D eigenvalue weighted by Crippen LogP contribution is -2.45. The van der Waals surface area contributed by atoms with Crippen LogP contribution in [-0.2, 0) is 9.53 Å². The fraction of sp³-hybridized carbons (Fsp3) is 0.692. The monoisotopic (exact) mass is 286 g/mol. The number of hydrogen-bond acceptors (Lipinski definition) is 4. The Labute approximate surface area is 118 Å². The second-order valence-electron chi connectivity index (χ2n) is 4.88. The summed E-state index contributed by atoms with van der Waals surface area (Å²) in [5.41, 5.74) is 0. The Balaban J connectivity index is 2.34. The zero-order chi connectivity index (χ0) is 15.0. The normalized spacial score (nSPS) is 24.3. The first-order chi connectivity index (χ1) is 9.49. The molecule has 3 atom stereocenters. The average Bonchev–Trinajstić information content (AvgIpc) is 2.35. The molecule has 4 N–H and O–H groups in total. The first-order valence-corrected chi connectivity index (χ1v) is 6.68. The molecule has 1 rings (SSSR count). The van der Waals surface area contributed by atoms with Gasteiger partial charge in [0, 0.05) is 12.5 Å². The lowest BCUT2D eigenvalue weighted by Gasteiger charge is -2.24. The molecule has 1 aliphatic rings. The van der Waals surface area contributed by atoms with Crippen LogP contribution < -0.4 is 10.6 Å². The lowest BCUT2D eigenvalue weighted by atomic mass is 10.1. The SMILES string of the molecule is C[C@@H](CCC(=O)NC1CC=CCOCC1O)NC(=O)O. The van der Waals surface area contributed by atoms with Crippen molar-refractivity contribution in [1.82, 2.24) is 10.6 Å². The molecule has 7 nitrogen and oxygen atoms in total. The second kappa shape index (κ2) is 8.55. The van der Waals surface area contributed by atoms with Crippen LogP contribution in [0, 0.1) is 0 Å². The van der Waals surface area contributed by atoms with Crippen LogP contribution in [0.1, 0.15) is 26.2 Å². The van der Waals surface area contributed by atoms with Crippen LogP contribution in [0.3, 0.4) is 0 Å².